The third kappa shape index (κ3) is 4.77. The van der Waals surface area contributed by atoms with Crippen LogP contribution in [-0.4, -0.2) is 13.0 Å². The Morgan fingerprint density at radius 1 is 1.27 bits per heavy atom. The van der Waals surface area contributed by atoms with E-state index in [9.17, 15) is 23.2 Å². The fourth-order valence-electron chi connectivity index (χ4n) is 2.09. The van der Waals surface area contributed by atoms with E-state index in [0.29, 0.717) is 16.3 Å². The lowest BCUT2D eigenvalue weighted by atomic mass is 10.1. The van der Waals surface area contributed by atoms with Gasteiger partial charge in [0.15, 0.2) is 0 Å². The van der Waals surface area contributed by atoms with Crippen LogP contribution < -0.4 is 10.1 Å². The van der Waals surface area contributed by atoms with Gasteiger partial charge in [-0.05, 0) is 42.5 Å². The van der Waals surface area contributed by atoms with Gasteiger partial charge in [0, 0.05) is 16.3 Å². The lowest BCUT2D eigenvalue weighted by Crippen LogP contribution is -2.14. The molecule has 4 nitrogen and oxygen atoms in total. The van der Waals surface area contributed by atoms with Crippen molar-refractivity contribution < 1.29 is 22.7 Å². The van der Waals surface area contributed by atoms with Crippen LogP contribution in [0.1, 0.15) is 11.1 Å². The predicted molar refractivity (Wildman–Crippen MR) is 91.7 cm³/mol. The molecule has 0 saturated carbocycles. The highest BCUT2D eigenvalue weighted by Gasteiger charge is 2.30. The van der Waals surface area contributed by atoms with Crippen molar-refractivity contribution in [3.63, 3.8) is 0 Å². The number of carbonyl (C=O) groups is 1. The molecule has 8 heteroatoms. The van der Waals surface area contributed by atoms with Crippen molar-refractivity contribution >= 4 is 29.3 Å². The van der Waals surface area contributed by atoms with Crippen LogP contribution in [-0.2, 0) is 11.0 Å². The van der Waals surface area contributed by atoms with Gasteiger partial charge < -0.3 is 10.1 Å². The number of nitrogens with zero attached hydrogens (tertiary/aromatic N) is 1. The standard InChI is InChI=1S/C18H12ClF3N2O2/c1-26-16-6-5-14(19)8-11(16)7-12(10-23)17(25)24-15-4-2-3-13(9-15)18(20,21)22/h2-9H,1H3,(H,24,25)/b12-7+. The van der Waals surface area contributed by atoms with Gasteiger partial charge >= 0.3 is 6.18 Å². The molecule has 1 amide bonds. The SMILES string of the molecule is COc1ccc(Cl)cc1/C=C(\C#N)C(=O)Nc1cccc(C(F)(F)F)c1. The number of amides is 1. The van der Waals surface area contributed by atoms with E-state index in [1.165, 1.54) is 25.3 Å². The van der Waals surface area contributed by atoms with Crippen LogP contribution in [0.5, 0.6) is 5.75 Å². The zero-order valence-electron chi connectivity index (χ0n) is 13.4. The highest BCUT2D eigenvalue weighted by Crippen LogP contribution is 2.31. The predicted octanol–water partition coefficient (Wildman–Crippen LogP) is 4.91. The van der Waals surface area contributed by atoms with Crippen LogP contribution in [0.25, 0.3) is 6.08 Å². The molecule has 2 aromatic carbocycles. The Balaban J connectivity index is 2.31. The second-order valence-electron chi connectivity index (χ2n) is 5.09. The lowest BCUT2D eigenvalue weighted by Gasteiger charge is -2.10. The Hall–Kier alpha value is -2.98. The second kappa shape index (κ2) is 7.93. The van der Waals surface area contributed by atoms with Gasteiger partial charge in [-0.15, -0.1) is 0 Å². The molecule has 0 aliphatic rings. The Morgan fingerprint density at radius 3 is 2.62 bits per heavy atom. The van der Waals surface area contributed by atoms with Crippen molar-refractivity contribution in [2.24, 2.45) is 0 Å². The fraction of sp³-hybridized carbons (Fsp3) is 0.111. The topological polar surface area (TPSA) is 62.1 Å². The minimum Gasteiger partial charge on any atom is -0.496 e. The molecule has 0 aromatic heterocycles. The molecule has 2 aromatic rings. The number of hydrogen-bond donors (Lipinski definition) is 1. The molecule has 134 valence electrons. The maximum absolute atomic E-state index is 12.7. The van der Waals surface area contributed by atoms with Gasteiger partial charge in [0.1, 0.15) is 17.4 Å². The molecule has 0 atom stereocenters. The normalized spacial score (nSPS) is 11.6. The molecule has 0 aliphatic carbocycles. The van der Waals surface area contributed by atoms with E-state index >= 15 is 0 Å². The number of ether oxygens (including phenoxy) is 1. The molecule has 0 heterocycles. The first-order chi connectivity index (χ1) is 12.2. The average Bonchev–Trinajstić information content (AvgIpc) is 2.59. The molecule has 1 N–H and O–H groups in total. The first kappa shape index (κ1) is 19.3. The minimum atomic E-state index is -4.54. The second-order valence-corrected chi connectivity index (χ2v) is 5.53. The summed E-state index contributed by atoms with van der Waals surface area (Å²) in [7, 11) is 1.41. The summed E-state index contributed by atoms with van der Waals surface area (Å²) >= 11 is 5.90. The first-order valence-electron chi connectivity index (χ1n) is 7.18. The van der Waals surface area contributed by atoms with E-state index in [1.807, 2.05) is 0 Å². The quantitative estimate of drug-likeness (QED) is 0.605. The van der Waals surface area contributed by atoms with Gasteiger partial charge in [-0.1, -0.05) is 17.7 Å². The molecular weight excluding hydrogens is 369 g/mol. The smallest absolute Gasteiger partial charge is 0.416 e. The van der Waals surface area contributed by atoms with Gasteiger partial charge in [-0.2, -0.15) is 18.4 Å². The summed E-state index contributed by atoms with van der Waals surface area (Å²) in [6.07, 6.45) is -3.30. The summed E-state index contributed by atoms with van der Waals surface area (Å²) in [5.41, 5.74) is -0.919. The van der Waals surface area contributed by atoms with Crippen molar-refractivity contribution in [3.8, 4) is 11.8 Å². The third-order valence-corrected chi connectivity index (χ3v) is 3.54. The number of rotatable bonds is 4. The third-order valence-electron chi connectivity index (χ3n) is 3.30. The summed E-state index contributed by atoms with van der Waals surface area (Å²) in [5.74, 6) is -0.470. The number of carbonyl (C=O) groups excluding carboxylic acids is 1. The van der Waals surface area contributed by atoms with Crippen LogP contribution in [0, 0.1) is 11.3 Å². The largest absolute Gasteiger partial charge is 0.496 e. The van der Waals surface area contributed by atoms with Gasteiger partial charge in [-0.25, -0.2) is 0 Å². The van der Waals surface area contributed by atoms with Gasteiger partial charge in [0.2, 0.25) is 0 Å². The van der Waals surface area contributed by atoms with Gasteiger partial charge in [0.25, 0.3) is 5.91 Å². The van der Waals surface area contributed by atoms with Crippen LogP contribution in [0.3, 0.4) is 0 Å². The molecule has 26 heavy (non-hydrogen) atoms. The monoisotopic (exact) mass is 380 g/mol. The number of benzene rings is 2. The maximum atomic E-state index is 12.7. The highest BCUT2D eigenvalue weighted by molar-refractivity contribution is 6.30. The number of hydrogen-bond acceptors (Lipinski definition) is 3. The molecule has 0 unspecified atom stereocenters. The molecule has 0 fully saturated rings. The first-order valence-corrected chi connectivity index (χ1v) is 7.56. The van der Waals surface area contributed by atoms with Crippen molar-refractivity contribution in [2.75, 3.05) is 12.4 Å². The van der Waals surface area contributed by atoms with E-state index in [0.717, 1.165) is 18.2 Å². The van der Waals surface area contributed by atoms with Crippen molar-refractivity contribution in [2.45, 2.75) is 6.18 Å². The van der Waals surface area contributed by atoms with Crippen LogP contribution in [0.4, 0.5) is 18.9 Å². The van der Waals surface area contributed by atoms with E-state index in [1.54, 1.807) is 18.2 Å². The molecule has 0 aliphatic heterocycles. The molecule has 0 saturated heterocycles. The zero-order valence-corrected chi connectivity index (χ0v) is 14.2. The van der Waals surface area contributed by atoms with Crippen LogP contribution in [0.15, 0.2) is 48.0 Å². The van der Waals surface area contributed by atoms with E-state index < -0.39 is 17.6 Å². The van der Waals surface area contributed by atoms with Crippen LogP contribution >= 0.6 is 11.6 Å². The Kier molecular flexibility index (Phi) is 5.90. The zero-order chi connectivity index (χ0) is 19.3. The number of anilines is 1. The number of alkyl halides is 3. The molecule has 0 bridgehead atoms. The Bertz CT molecular complexity index is 902. The summed E-state index contributed by atoms with van der Waals surface area (Å²) in [4.78, 5) is 12.2. The lowest BCUT2D eigenvalue weighted by molar-refractivity contribution is -0.137. The summed E-state index contributed by atoms with van der Waals surface area (Å²) in [6.45, 7) is 0. The summed E-state index contributed by atoms with van der Waals surface area (Å²) < 4.78 is 43.3. The number of nitriles is 1. The van der Waals surface area contributed by atoms with Crippen LogP contribution in [0.2, 0.25) is 5.02 Å². The Morgan fingerprint density at radius 2 is 2.00 bits per heavy atom. The van der Waals surface area contributed by atoms with Crippen molar-refractivity contribution in [1.29, 1.82) is 5.26 Å². The summed E-state index contributed by atoms with van der Waals surface area (Å²) in [6, 6.07) is 10.5. The summed E-state index contributed by atoms with van der Waals surface area (Å²) in [5, 5.41) is 11.9. The molecule has 0 spiro atoms. The number of halogens is 4. The fourth-order valence-corrected chi connectivity index (χ4v) is 2.27. The minimum absolute atomic E-state index is 0.0796. The highest BCUT2D eigenvalue weighted by atomic mass is 35.5. The molecule has 0 radical (unpaired) electrons. The molecular formula is C18H12ClF3N2O2. The average molecular weight is 381 g/mol. The van der Waals surface area contributed by atoms with E-state index in [-0.39, 0.29) is 11.3 Å². The van der Waals surface area contributed by atoms with Gasteiger partial charge in [-0.3, -0.25) is 4.79 Å². The Labute approximate surface area is 152 Å². The van der Waals surface area contributed by atoms with Crippen molar-refractivity contribution in [3.05, 3.63) is 64.2 Å². The van der Waals surface area contributed by atoms with Crippen molar-refractivity contribution in [1.82, 2.24) is 0 Å². The van der Waals surface area contributed by atoms with E-state index in [4.69, 9.17) is 16.3 Å². The van der Waals surface area contributed by atoms with Gasteiger partial charge in [0.05, 0.1) is 12.7 Å². The van der Waals surface area contributed by atoms with E-state index in [2.05, 4.69) is 5.32 Å². The molecule has 2 rings (SSSR count). The number of nitrogens with one attached hydrogen (secondary N) is 1. The number of methoxy groups -OCH3 is 1. The maximum Gasteiger partial charge on any atom is 0.416 e.